The Hall–Kier alpha value is -2.21. The average molecular weight is 271 g/mol. The lowest BCUT2D eigenvalue weighted by Crippen LogP contribution is -2.07. The van der Waals surface area contributed by atoms with Crippen LogP contribution >= 0.6 is 11.3 Å². The van der Waals surface area contributed by atoms with Gasteiger partial charge in [0.2, 0.25) is 0 Å². The minimum absolute atomic E-state index is 0.170. The highest BCUT2D eigenvalue weighted by molar-refractivity contribution is 7.07. The van der Waals surface area contributed by atoms with Gasteiger partial charge in [-0.25, -0.2) is 14.6 Å². The third-order valence-corrected chi connectivity index (χ3v) is 3.37. The van der Waals surface area contributed by atoms with Crippen molar-refractivity contribution in [1.82, 2.24) is 19.7 Å². The minimum Gasteiger partial charge on any atom is -0.376 e. The van der Waals surface area contributed by atoms with Gasteiger partial charge >= 0.3 is 0 Å². The van der Waals surface area contributed by atoms with Crippen molar-refractivity contribution < 1.29 is 0 Å². The Balaban J connectivity index is 1.73. The molecule has 0 spiro atoms. The van der Waals surface area contributed by atoms with Crippen LogP contribution in [0.2, 0.25) is 0 Å². The van der Waals surface area contributed by atoms with Crippen LogP contribution in [0.3, 0.4) is 0 Å². The van der Waals surface area contributed by atoms with Gasteiger partial charge < -0.3 is 5.32 Å². The van der Waals surface area contributed by atoms with Crippen molar-refractivity contribution in [2.75, 3.05) is 5.32 Å². The van der Waals surface area contributed by atoms with Crippen LogP contribution in [0, 0.1) is 0 Å². The molecule has 1 N–H and O–H groups in total. The third-order valence-electron chi connectivity index (χ3n) is 2.77. The van der Waals surface area contributed by atoms with Gasteiger partial charge in [0, 0.05) is 17.8 Å². The second kappa shape index (κ2) is 5.19. The van der Waals surface area contributed by atoms with Gasteiger partial charge in [0.1, 0.15) is 0 Å². The Labute approximate surface area is 115 Å². The fourth-order valence-electron chi connectivity index (χ4n) is 1.77. The number of rotatable bonds is 4. The summed E-state index contributed by atoms with van der Waals surface area (Å²) in [5.74, 6) is 0.803. The average Bonchev–Trinajstić information content (AvgIpc) is 3.13. The molecule has 0 amide bonds. The molecule has 96 valence electrons. The van der Waals surface area contributed by atoms with Crippen LogP contribution in [0.5, 0.6) is 0 Å². The quantitative estimate of drug-likeness (QED) is 0.792. The van der Waals surface area contributed by atoms with Gasteiger partial charge in [0.05, 0.1) is 29.1 Å². The van der Waals surface area contributed by atoms with Gasteiger partial charge in [0.25, 0.3) is 0 Å². The lowest BCUT2D eigenvalue weighted by Gasteiger charge is -2.12. The summed E-state index contributed by atoms with van der Waals surface area (Å²) in [4.78, 5) is 8.67. The summed E-state index contributed by atoms with van der Waals surface area (Å²) in [6.07, 6.45) is 5.41. The van der Waals surface area contributed by atoms with Crippen molar-refractivity contribution in [3.63, 3.8) is 0 Å². The molecule has 0 aliphatic heterocycles. The maximum atomic E-state index is 4.38. The second-order valence-corrected chi connectivity index (χ2v) is 4.85. The number of thiazole rings is 1. The first-order valence-corrected chi connectivity index (χ1v) is 6.88. The highest BCUT2D eigenvalue weighted by Gasteiger charge is 2.07. The number of pyridine rings is 1. The van der Waals surface area contributed by atoms with E-state index in [9.17, 15) is 0 Å². The molecule has 1 unspecified atom stereocenters. The van der Waals surface area contributed by atoms with Crippen molar-refractivity contribution in [2.24, 2.45) is 0 Å². The molecule has 0 aliphatic rings. The summed E-state index contributed by atoms with van der Waals surface area (Å²) in [6.45, 7) is 2.08. The maximum absolute atomic E-state index is 4.38. The zero-order valence-corrected chi connectivity index (χ0v) is 11.2. The molecule has 0 saturated heterocycles. The number of aromatic nitrogens is 4. The van der Waals surface area contributed by atoms with Gasteiger partial charge in [-0.2, -0.15) is 5.10 Å². The summed E-state index contributed by atoms with van der Waals surface area (Å²) >= 11 is 1.60. The lowest BCUT2D eigenvalue weighted by molar-refractivity contribution is 0.835. The van der Waals surface area contributed by atoms with E-state index in [1.54, 1.807) is 28.4 Å². The Kier molecular flexibility index (Phi) is 3.24. The van der Waals surface area contributed by atoms with Gasteiger partial charge in [-0.15, -0.1) is 11.3 Å². The Morgan fingerprint density at radius 3 is 2.89 bits per heavy atom. The van der Waals surface area contributed by atoms with E-state index in [4.69, 9.17) is 0 Å². The molecule has 0 bridgehead atoms. The highest BCUT2D eigenvalue weighted by Crippen LogP contribution is 2.18. The van der Waals surface area contributed by atoms with Gasteiger partial charge in [0.15, 0.2) is 5.82 Å². The van der Waals surface area contributed by atoms with Crippen molar-refractivity contribution in [3.8, 4) is 5.82 Å². The SMILES string of the molecule is CC(Nc1ccc(-n2cccn2)nc1)c1cscn1. The number of hydrogen-bond donors (Lipinski definition) is 1. The van der Waals surface area contributed by atoms with Crippen molar-refractivity contribution >= 4 is 17.0 Å². The molecule has 1 atom stereocenters. The summed E-state index contributed by atoms with van der Waals surface area (Å²) < 4.78 is 1.73. The zero-order valence-electron chi connectivity index (χ0n) is 10.4. The smallest absolute Gasteiger partial charge is 0.153 e. The van der Waals surface area contributed by atoms with E-state index in [1.807, 2.05) is 35.3 Å². The Morgan fingerprint density at radius 2 is 2.26 bits per heavy atom. The van der Waals surface area contributed by atoms with E-state index in [-0.39, 0.29) is 6.04 Å². The van der Waals surface area contributed by atoms with Gasteiger partial charge in [-0.1, -0.05) is 0 Å². The fraction of sp³-hybridized carbons (Fsp3) is 0.154. The highest BCUT2D eigenvalue weighted by atomic mass is 32.1. The van der Waals surface area contributed by atoms with E-state index in [1.165, 1.54) is 0 Å². The molecule has 3 aromatic heterocycles. The predicted octanol–water partition coefficient (Wildman–Crippen LogP) is 2.90. The van der Waals surface area contributed by atoms with E-state index < -0.39 is 0 Å². The van der Waals surface area contributed by atoms with E-state index in [0.717, 1.165) is 17.2 Å². The van der Waals surface area contributed by atoms with Gasteiger partial charge in [-0.05, 0) is 25.1 Å². The maximum Gasteiger partial charge on any atom is 0.153 e. The molecular weight excluding hydrogens is 258 g/mol. The number of anilines is 1. The molecule has 3 rings (SSSR count). The Bertz CT molecular complexity index is 616. The Morgan fingerprint density at radius 1 is 1.32 bits per heavy atom. The monoisotopic (exact) mass is 271 g/mol. The molecule has 5 nitrogen and oxygen atoms in total. The summed E-state index contributed by atoms with van der Waals surface area (Å²) in [5, 5.41) is 9.56. The fourth-order valence-corrected chi connectivity index (χ4v) is 2.42. The first kappa shape index (κ1) is 11.9. The largest absolute Gasteiger partial charge is 0.376 e. The summed E-state index contributed by atoms with van der Waals surface area (Å²) in [7, 11) is 0. The molecule has 0 radical (unpaired) electrons. The predicted molar refractivity (Wildman–Crippen MR) is 75.5 cm³/mol. The van der Waals surface area contributed by atoms with Crippen LogP contribution in [-0.4, -0.2) is 19.7 Å². The van der Waals surface area contributed by atoms with Crippen LogP contribution < -0.4 is 5.32 Å². The number of nitrogens with zero attached hydrogens (tertiary/aromatic N) is 4. The summed E-state index contributed by atoms with van der Waals surface area (Å²) in [5.41, 5.74) is 3.85. The molecule has 0 aliphatic carbocycles. The van der Waals surface area contributed by atoms with Crippen LogP contribution in [0.15, 0.2) is 47.7 Å². The van der Waals surface area contributed by atoms with Crippen LogP contribution in [0.4, 0.5) is 5.69 Å². The second-order valence-electron chi connectivity index (χ2n) is 4.14. The normalized spacial score (nSPS) is 12.3. The van der Waals surface area contributed by atoms with E-state index in [2.05, 4.69) is 27.3 Å². The first-order valence-electron chi connectivity index (χ1n) is 5.93. The molecular formula is C13H13N5S. The van der Waals surface area contributed by atoms with Crippen LogP contribution in [0.25, 0.3) is 5.82 Å². The van der Waals surface area contributed by atoms with E-state index in [0.29, 0.717) is 0 Å². The number of nitrogens with one attached hydrogen (secondary N) is 1. The van der Waals surface area contributed by atoms with E-state index >= 15 is 0 Å². The van der Waals surface area contributed by atoms with Gasteiger partial charge in [-0.3, -0.25) is 0 Å². The molecule has 3 aromatic rings. The molecule has 0 aromatic carbocycles. The zero-order chi connectivity index (χ0) is 13.1. The van der Waals surface area contributed by atoms with Crippen molar-refractivity contribution in [3.05, 3.63) is 53.4 Å². The number of hydrogen-bond acceptors (Lipinski definition) is 5. The molecule has 3 heterocycles. The molecule has 19 heavy (non-hydrogen) atoms. The molecule has 6 heteroatoms. The topological polar surface area (TPSA) is 55.6 Å². The molecule has 0 saturated carbocycles. The third kappa shape index (κ3) is 2.63. The standard InChI is InChI=1S/C13H13N5S/c1-10(12-8-19-9-15-12)17-11-3-4-13(14-7-11)18-6-2-5-16-18/h2-10,17H,1H3. The minimum atomic E-state index is 0.170. The lowest BCUT2D eigenvalue weighted by atomic mass is 10.2. The van der Waals surface area contributed by atoms with Crippen LogP contribution in [0.1, 0.15) is 18.7 Å². The summed E-state index contributed by atoms with van der Waals surface area (Å²) in [6, 6.07) is 5.97. The van der Waals surface area contributed by atoms with Crippen molar-refractivity contribution in [2.45, 2.75) is 13.0 Å². The van der Waals surface area contributed by atoms with Crippen LogP contribution in [-0.2, 0) is 0 Å². The van der Waals surface area contributed by atoms with Crippen molar-refractivity contribution in [1.29, 1.82) is 0 Å². The molecule has 0 fully saturated rings. The first-order chi connectivity index (χ1) is 9.33.